The Hall–Kier alpha value is -2.89. The number of piperidine rings is 1. The van der Waals surface area contributed by atoms with Gasteiger partial charge in [0.05, 0.1) is 11.5 Å². The lowest BCUT2D eigenvalue weighted by Gasteiger charge is -2.35. The predicted molar refractivity (Wildman–Crippen MR) is 116 cm³/mol. The maximum absolute atomic E-state index is 14.1. The van der Waals surface area contributed by atoms with E-state index >= 15 is 0 Å². The van der Waals surface area contributed by atoms with E-state index in [1.807, 2.05) is 24.3 Å². The van der Waals surface area contributed by atoms with Gasteiger partial charge in [-0.3, -0.25) is 4.79 Å². The fourth-order valence-corrected chi connectivity index (χ4v) is 4.47. The number of nitrogens with two attached hydrogens (primary N) is 1. The van der Waals surface area contributed by atoms with Crippen LogP contribution in [0.1, 0.15) is 65.9 Å². The monoisotopic (exact) mass is 412 g/mol. The third kappa shape index (κ3) is 4.81. The first-order valence-corrected chi connectivity index (χ1v) is 10.5. The number of hydrogen-bond acceptors (Lipinski definition) is 3. The van der Waals surface area contributed by atoms with Gasteiger partial charge in [-0.05, 0) is 48.6 Å². The average molecular weight is 413 g/mol. The van der Waals surface area contributed by atoms with Gasteiger partial charge in [-0.25, -0.2) is 9.18 Å². The van der Waals surface area contributed by atoms with Crippen molar-refractivity contribution in [2.75, 3.05) is 18.0 Å². The molecule has 3 N–H and O–H groups in total. The largest absolute Gasteiger partial charge is 0.478 e. The molecule has 0 spiro atoms. The molecule has 1 aliphatic heterocycles. The summed E-state index contributed by atoms with van der Waals surface area (Å²) in [7, 11) is 0. The van der Waals surface area contributed by atoms with Crippen LogP contribution in [0.5, 0.6) is 0 Å². The Morgan fingerprint density at radius 1 is 1.20 bits per heavy atom. The molecular formula is C24H29FN2O3. The van der Waals surface area contributed by atoms with Gasteiger partial charge in [0.1, 0.15) is 6.17 Å². The van der Waals surface area contributed by atoms with Crippen LogP contribution < -0.4 is 10.6 Å². The van der Waals surface area contributed by atoms with Gasteiger partial charge in [0, 0.05) is 24.7 Å². The van der Waals surface area contributed by atoms with E-state index in [0.717, 1.165) is 37.1 Å². The van der Waals surface area contributed by atoms with Gasteiger partial charge in [0.25, 0.3) is 0 Å². The van der Waals surface area contributed by atoms with E-state index in [4.69, 9.17) is 10.8 Å². The first-order chi connectivity index (χ1) is 14.4. The number of carbonyl (C=O) groups is 2. The Labute approximate surface area is 176 Å². The molecule has 3 rings (SSSR count). The molecule has 160 valence electrons. The Morgan fingerprint density at radius 3 is 2.50 bits per heavy atom. The number of aromatic carboxylic acids is 1. The number of alkyl halides is 1. The minimum atomic E-state index is -1.02. The number of benzene rings is 2. The molecule has 0 aromatic heterocycles. The molecule has 0 radical (unpaired) electrons. The lowest BCUT2D eigenvalue weighted by Crippen LogP contribution is -2.37. The molecular weight excluding hydrogens is 383 g/mol. The zero-order valence-corrected chi connectivity index (χ0v) is 17.3. The van der Waals surface area contributed by atoms with E-state index < -0.39 is 24.0 Å². The van der Waals surface area contributed by atoms with Gasteiger partial charge >= 0.3 is 5.97 Å². The van der Waals surface area contributed by atoms with Crippen LogP contribution in [0.2, 0.25) is 0 Å². The van der Waals surface area contributed by atoms with Gasteiger partial charge in [-0.2, -0.15) is 0 Å². The Kier molecular flexibility index (Phi) is 7.08. The normalized spacial score (nSPS) is 18.6. The molecule has 1 heterocycles. The molecule has 6 heteroatoms. The van der Waals surface area contributed by atoms with Crippen molar-refractivity contribution in [2.24, 2.45) is 5.73 Å². The molecule has 0 bridgehead atoms. The number of primary amides is 1. The van der Waals surface area contributed by atoms with Crippen molar-refractivity contribution in [1.82, 2.24) is 0 Å². The molecule has 1 fully saturated rings. The quantitative estimate of drug-likeness (QED) is 0.670. The lowest BCUT2D eigenvalue weighted by molar-refractivity contribution is -0.120. The highest BCUT2D eigenvalue weighted by Crippen LogP contribution is 2.41. The number of carbonyl (C=O) groups excluding carboxylic acids is 1. The van der Waals surface area contributed by atoms with Crippen LogP contribution in [-0.4, -0.2) is 36.2 Å². The Bertz CT molecular complexity index is 884. The van der Waals surface area contributed by atoms with Crippen molar-refractivity contribution in [3.63, 3.8) is 0 Å². The number of nitrogens with zero attached hydrogens (tertiary/aromatic N) is 1. The summed E-state index contributed by atoms with van der Waals surface area (Å²) in [6.45, 7) is 3.19. The molecule has 5 nitrogen and oxygen atoms in total. The second-order valence-electron chi connectivity index (χ2n) is 7.95. The zero-order chi connectivity index (χ0) is 21.7. The first-order valence-electron chi connectivity index (χ1n) is 10.5. The maximum Gasteiger partial charge on any atom is 0.335 e. The third-order valence-corrected chi connectivity index (χ3v) is 5.87. The van der Waals surface area contributed by atoms with Crippen LogP contribution in [0.15, 0.2) is 48.5 Å². The highest BCUT2D eigenvalue weighted by molar-refractivity contribution is 5.88. The molecule has 1 saturated heterocycles. The van der Waals surface area contributed by atoms with Crippen LogP contribution in [-0.2, 0) is 4.79 Å². The fraction of sp³-hybridized carbons (Fsp3) is 0.417. The van der Waals surface area contributed by atoms with Crippen molar-refractivity contribution in [1.29, 1.82) is 0 Å². The predicted octanol–water partition coefficient (Wildman–Crippen LogP) is 4.48. The minimum Gasteiger partial charge on any atom is -0.478 e. The molecule has 0 aliphatic carbocycles. The van der Waals surface area contributed by atoms with Crippen LogP contribution in [0.4, 0.5) is 10.1 Å². The first kappa shape index (κ1) is 21.8. The van der Waals surface area contributed by atoms with Crippen LogP contribution in [0, 0.1) is 0 Å². The lowest BCUT2D eigenvalue weighted by atomic mass is 9.77. The van der Waals surface area contributed by atoms with E-state index in [-0.39, 0.29) is 11.5 Å². The van der Waals surface area contributed by atoms with Crippen molar-refractivity contribution in [2.45, 2.75) is 50.6 Å². The summed E-state index contributed by atoms with van der Waals surface area (Å²) in [5, 5.41) is 9.17. The van der Waals surface area contributed by atoms with E-state index in [1.54, 1.807) is 12.1 Å². The standard InChI is InChI=1S/C24H29FN2O3/c1-2-6-20(22(23(26)28)16-10-12-17(13-11-16)24(29)30)19-8-3-4-9-21(19)27-14-5-7-18(25)15-27/h3-4,8-13,18,20,22H,2,5-7,14-15H2,1H3,(H2,26,28)(H,29,30). The van der Waals surface area contributed by atoms with Gasteiger partial charge in [0.2, 0.25) is 5.91 Å². The van der Waals surface area contributed by atoms with Crippen LogP contribution in [0.25, 0.3) is 0 Å². The summed E-state index contributed by atoms with van der Waals surface area (Å²) in [6.07, 6.45) is 2.10. The topological polar surface area (TPSA) is 83.6 Å². The second-order valence-corrected chi connectivity index (χ2v) is 7.95. The van der Waals surface area contributed by atoms with E-state index in [9.17, 15) is 14.0 Å². The smallest absolute Gasteiger partial charge is 0.335 e. The Morgan fingerprint density at radius 2 is 1.90 bits per heavy atom. The molecule has 3 atom stereocenters. The van der Waals surface area contributed by atoms with E-state index in [1.165, 1.54) is 12.1 Å². The van der Waals surface area contributed by atoms with Gasteiger partial charge in [-0.15, -0.1) is 0 Å². The van der Waals surface area contributed by atoms with E-state index in [0.29, 0.717) is 18.5 Å². The number of halogens is 1. The van der Waals surface area contributed by atoms with Crippen LogP contribution >= 0.6 is 0 Å². The summed E-state index contributed by atoms with van der Waals surface area (Å²) in [4.78, 5) is 25.8. The van der Waals surface area contributed by atoms with Crippen molar-refractivity contribution >= 4 is 17.6 Å². The molecule has 1 amide bonds. The van der Waals surface area contributed by atoms with Crippen LogP contribution in [0.3, 0.4) is 0 Å². The summed E-state index contributed by atoms with van der Waals surface area (Å²) in [5.41, 5.74) is 8.65. The number of hydrogen-bond donors (Lipinski definition) is 2. The average Bonchev–Trinajstić information content (AvgIpc) is 2.73. The number of carboxylic acids is 1. The number of rotatable bonds is 8. The van der Waals surface area contributed by atoms with Crippen molar-refractivity contribution in [3.05, 3.63) is 65.2 Å². The summed E-state index contributed by atoms with van der Waals surface area (Å²) >= 11 is 0. The molecule has 2 aromatic rings. The number of carboxylic acid groups (broad SMARTS) is 1. The van der Waals surface area contributed by atoms with E-state index in [2.05, 4.69) is 11.8 Å². The fourth-order valence-electron chi connectivity index (χ4n) is 4.47. The molecule has 30 heavy (non-hydrogen) atoms. The zero-order valence-electron chi connectivity index (χ0n) is 17.3. The van der Waals surface area contributed by atoms with Crippen molar-refractivity contribution in [3.8, 4) is 0 Å². The number of amides is 1. The highest BCUT2D eigenvalue weighted by Gasteiger charge is 2.32. The summed E-state index contributed by atoms with van der Waals surface area (Å²) in [5.74, 6) is -2.24. The molecule has 3 unspecified atom stereocenters. The number of para-hydroxylation sites is 1. The summed E-state index contributed by atoms with van der Waals surface area (Å²) < 4.78 is 14.1. The SMILES string of the molecule is CCCC(c1ccccc1N1CCCC(F)C1)C(C(N)=O)c1ccc(C(=O)O)cc1. The van der Waals surface area contributed by atoms with Gasteiger partial charge in [0.15, 0.2) is 0 Å². The minimum absolute atomic E-state index is 0.164. The Balaban J connectivity index is 2.03. The molecule has 1 aliphatic rings. The molecule has 2 aromatic carbocycles. The van der Waals surface area contributed by atoms with Gasteiger partial charge < -0.3 is 15.7 Å². The van der Waals surface area contributed by atoms with Gasteiger partial charge in [-0.1, -0.05) is 43.7 Å². The van der Waals surface area contributed by atoms with Crippen molar-refractivity contribution < 1.29 is 19.1 Å². The number of anilines is 1. The third-order valence-electron chi connectivity index (χ3n) is 5.87. The summed E-state index contributed by atoms with van der Waals surface area (Å²) in [6, 6.07) is 14.2. The molecule has 0 saturated carbocycles. The second kappa shape index (κ2) is 9.74. The highest BCUT2D eigenvalue weighted by atomic mass is 19.1. The maximum atomic E-state index is 14.1.